The topological polar surface area (TPSA) is 55.1 Å². The lowest BCUT2D eigenvalue weighted by Crippen LogP contribution is -2.33. The molecule has 1 aliphatic carbocycles. The number of carbonyl (C=O) groups is 1. The van der Waals surface area contributed by atoms with E-state index in [0.717, 1.165) is 19.0 Å². The van der Waals surface area contributed by atoms with Gasteiger partial charge in [0.15, 0.2) is 0 Å². The Morgan fingerprint density at radius 2 is 2.00 bits per heavy atom. The van der Waals surface area contributed by atoms with Crippen molar-refractivity contribution in [3.63, 3.8) is 0 Å². The molecule has 1 heterocycles. The van der Waals surface area contributed by atoms with Gasteiger partial charge in [0, 0.05) is 13.0 Å². The SMILES string of the molecule is NCC(C1CCCCC1)C1CNC(=O)C1. The molecule has 15 heavy (non-hydrogen) atoms. The first kappa shape index (κ1) is 10.9. The van der Waals surface area contributed by atoms with Gasteiger partial charge < -0.3 is 11.1 Å². The van der Waals surface area contributed by atoms with E-state index in [1.807, 2.05) is 0 Å². The molecule has 0 radical (unpaired) electrons. The van der Waals surface area contributed by atoms with Crippen LogP contribution in [0.5, 0.6) is 0 Å². The third-order valence-corrected chi connectivity index (χ3v) is 4.14. The highest BCUT2D eigenvalue weighted by Crippen LogP contribution is 2.35. The first-order valence-corrected chi connectivity index (χ1v) is 6.28. The largest absolute Gasteiger partial charge is 0.356 e. The van der Waals surface area contributed by atoms with E-state index in [1.54, 1.807) is 0 Å². The molecular formula is C12H22N2O. The van der Waals surface area contributed by atoms with Crippen LogP contribution in [-0.2, 0) is 4.79 Å². The van der Waals surface area contributed by atoms with Crippen LogP contribution in [0.15, 0.2) is 0 Å². The number of amides is 1. The van der Waals surface area contributed by atoms with Gasteiger partial charge in [-0.05, 0) is 24.3 Å². The Balaban J connectivity index is 1.93. The Hall–Kier alpha value is -0.570. The average Bonchev–Trinajstić information content (AvgIpc) is 2.68. The van der Waals surface area contributed by atoms with E-state index in [0.29, 0.717) is 18.3 Å². The minimum atomic E-state index is 0.217. The van der Waals surface area contributed by atoms with E-state index in [2.05, 4.69) is 5.32 Å². The van der Waals surface area contributed by atoms with Gasteiger partial charge in [0.1, 0.15) is 0 Å². The maximum Gasteiger partial charge on any atom is 0.220 e. The van der Waals surface area contributed by atoms with Crippen LogP contribution in [0.1, 0.15) is 38.5 Å². The van der Waals surface area contributed by atoms with Crippen LogP contribution in [0.25, 0.3) is 0 Å². The van der Waals surface area contributed by atoms with Crippen LogP contribution in [0, 0.1) is 17.8 Å². The van der Waals surface area contributed by atoms with Gasteiger partial charge in [-0.2, -0.15) is 0 Å². The molecule has 2 aliphatic rings. The van der Waals surface area contributed by atoms with Crippen LogP contribution in [0.4, 0.5) is 0 Å². The van der Waals surface area contributed by atoms with Crippen LogP contribution in [-0.4, -0.2) is 19.0 Å². The molecule has 2 atom stereocenters. The van der Waals surface area contributed by atoms with Crippen molar-refractivity contribution in [2.45, 2.75) is 38.5 Å². The number of hydrogen-bond acceptors (Lipinski definition) is 2. The lowest BCUT2D eigenvalue weighted by molar-refractivity contribution is -0.119. The second kappa shape index (κ2) is 4.97. The van der Waals surface area contributed by atoms with E-state index in [-0.39, 0.29) is 5.91 Å². The van der Waals surface area contributed by atoms with Crippen molar-refractivity contribution < 1.29 is 4.79 Å². The summed E-state index contributed by atoms with van der Waals surface area (Å²) in [6.45, 7) is 1.61. The molecule has 3 heteroatoms. The van der Waals surface area contributed by atoms with Crippen LogP contribution >= 0.6 is 0 Å². The summed E-state index contributed by atoms with van der Waals surface area (Å²) < 4.78 is 0. The Morgan fingerprint density at radius 1 is 1.27 bits per heavy atom. The van der Waals surface area contributed by atoms with E-state index in [4.69, 9.17) is 5.73 Å². The molecule has 0 aromatic heterocycles. The maximum atomic E-state index is 11.2. The molecule has 2 rings (SSSR count). The monoisotopic (exact) mass is 210 g/mol. The minimum Gasteiger partial charge on any atom is -0.356 e. The summed E-state index contributed by atoms with van der Waals surface area (Å²) in [5.74, 6) is 2.07. The zero-order valence-electron chi connectivity index (χ0n) is 9.37. The van der Waals surface area contributed by atoms with Crippen LogP contribution in [0.2, 0.25) is 0 Å². The number of rotatable bonds is 3. The minimum absolute atomic E-state index is 0.217. The van der Waals surface area contributed by atoms with Crippen molar-refractivity contribution >= 4 is 5.91 Å². The van der Waals surface area contributed by atoms with Gasteiger partial charge in [0.25, 0.3) is 0 Å². The van der Waals surface area contributed by atoms with Crippen molar-refractivity contribution in [1.29, 1.82) is 0 Å². The molecule has 0 aromatic rings. The highest BCUT2D eigenvalue weighted by Gasteiger charge is 2.33. The predicted molar refractivity (Wildman–Crippen MR) is 60.2 cm³/mol. The van der Waals surface area contributed by atoms with Gasteiger partial charge in [-0.3, -0.25) is 4.79 Å². The lowest BCUT2D eigenvalue weighted by Gasteiger charge is -2.32. The average molecular weight is 210 g/mol. The fraction of sp³-hybridized carbons (Fsp3) is 0.917. The maximum absolute atomic E-state index is 11.2. The molecule has 3 nitrogen and oxygen atoms in total. The smallest absolute Gasteiger partial charge is 0.220 e. The van der Waals surface area contributed by atoms with Gasteiger partial charge in [-0.15, -0.1) is 0 Å². The molecule has 2 fully saturated rings. The Morgan fingerprint density at radius 3 is 2.53 bits per heavy atom. The zero-order valence-corrected chi connectivity index (χ0v) is 9.37. The summed E-state index contributed by atoms with van der Waals surface area (Å²) in [6.07, 6.45) is 7.46. The summed E-state index contributed by atoms with van der Waals surface area (Å²) in [5, 5.41) is 2.93. The molecule has 1 saturated carbocycles. The molecule has 0 aromatic carbocycles. The highest BCUT2D eigenvalue weighted by molar-refractivity contribution is 5.78. The van der Waals surface area contributed by atoms with E-state index >= 15 is 0 Å². The molecule has 86 valence electrons. The fourth-order valence-electron chi connectivity index (χ4n) is 3.26. The first-order chi connectivity index (χ1) is 7.31. The lowest BCUT2D eigenvalue weighted by atomic mass is 9.74. The standard InChI is InChI=1S/C12H22N2O/c13-7-11(9-4-2-1-3-5-9)10-6-12(15)14-8-10/h9-11H,1-8,13H2,(H,14,15). The van der Waals surface area contributed by atoms with Crippen LogP contribution < -0.4 is 11.1 Å². The molecule has 0 spiro atoms. The van der Waals surface area contributed by atoms with Gasteiger partial charge in [0.2, 0.25) is 5.91 Å². The molecule has 3 N–H and O–H groups in total. The third-order valence-electron chi connectivity index (χ3n) is 4.14. The molecular weight excluding hydrogens is 188 g/mol. The van der Waals surface area contributed by atoms with Crippen molar-refractivity contribution in [3.8, 4) is 0 Å². The fourth-order valence-corrected chi connectivity index (χ4v) is 3.26. The number of hydrogen-bond donors (Lipinski definition) is 2. The summed E-state index contributed by atoms with van der Waals surface area (Å²) in [4.78, 5) is 11.2. The van der Waals surface area contributed by atoms with Crippen molar-refractivity contribution in [2.24, 2.45) is 23.5 Å². The van der Waals surface area contributed by atoms with Gasteiger partial charge >= 0.3 is 0 Å². The molecule has 1 amide bonds. The van der Waals surface area contributed by atoms with Crippen molar-refractivity contribution in [1.82, 2.24) is 5.32 Å². The number of nitrogens with one attached hydrogen (secondary N) is 1. The van der Waals surface area contributed by atoms with E-state index in [1.165, 1.54) is 32.1 Å². The quantitative estimate of drug-likeness (QED) is 0.737. The second-order valence-corrected chi connectivity index (χ2v) is 5.07. The summed E-state index contributed by atoms with van der Waals surface area (Å²) in [7, 11) is 0. The molecule has 1 saturated heterocycles. The summed E-state index contributed by atoms with van der Waals surface area (Å²) in [5.41, 5.74) is 5.89. The second-order valence-electron chi connectivity index (χ2n) is 5.07. The Labute approximate surface area is 91.8 Å². The molecule has 0 bridgehead atoms. The van der Waals surface area contributed by atoms with Gasteiger partial charge in [0.05, 0.1) is 0 Å². The third kappa shape index (κ3) is 2.51. The molecule has 1 aliphatic heterocycles. The Kier molecular flexibility index (Phi) is 3.62. The van der Waals surface area contributed by atoms with Crippen molar-refractivity contribution in [3.05, 3.63) is 0 Å². The van der Waals surface area contributed by atoms with Gasteiger partial charge in [-0.1, -0.05) is 32.1 Å². The summed E-state index contributed by atoms with van der Waals surface area (Å²) >= 11 is 0. The normalized spacial score (nSPS) is 30.2. The van der Waals surface area contributed by atoms with Crippen LogP contribution in [0.3, 0.4) is 0 Å². The van der Waals surface area contributed by atoms with E-state index < -0.39 is 0 Å². The first-order valence-electron chi connectivity index (χ1n) is 6.28. The van der Waals surface area contributed by atoms with Gasteiger partial charge in [-0.25, -0.2) is 0 Å². The van der Waals surface area contributed by atoms with E-state index in [9.17, 15) is 4.79 Å². The highest BCUT2D eigenvalue weighted by atomic mass is 16.1. The summed E-state index contributed by atoms with van der Waals surface area (Å²) in [6, 6.07) is 0. The van der Waals surface area contributed by atoms with Crippen molar-refractivity contribution in [2.75, 3.05) is 13.1 Å². The number of nitrogens with two attached hydrogens (primary N) is 1. The Bertz CT molecular complexity index is 224. The molecule has 2 unspecified atom stereocenters. The predicted octanol–water partition coefficient (Wildman–Crippen LogP) is 1.28. The number of carbonyl (C=O) groups excluding carboxylic acids is 1. The zero-order chi connectivity index (χ0) is 10.7.